The number of benzene rings is 1. The molecular formula is C17H16N6. The van der Waals surface area contributed by atoms with Crippen molar-refractivity contribution in [1.82, 2.24) is 24.5 Å². The largest absolute Gasteiger partial charge is 0.363 e. The molecule has 0 bridgehead atoms. The van der Waals surface area contributed by atoms with E-state index in [-0.39, 0.29) is 0 Å². The second-order valence-electron chi connectivity index (χ2n) is 6.01. The Morgan fingerprint density at radius 2 is 2.09 bits per heavy atom. The molecule has 0 saturated heterocycles. The zero-order valence-electron chi connectivity index (χ0n) is 12.5. The number of aromatic nitrogens is 5. The number of hydrogen-bond donors (Lipinski definition) is 2. The van der Waals surface area contributed by atoms with Crippen molar-refractivity contribution < 1.29 is 0 Å². The van der Waals surface area contributed by atoms with Crippen LogP contribution in [0.15, 0.2) is 43.0 Å². The highest BCUT2D eigenvalue weighted by molar-refractivity contribution is 5.83. The van der Waals surface area contributed by atoms with Gasteiger partial charge in [0.25, 0.3) is 0 Å². The summed E-state index contributed by atoms with van der Waals surface area (Å²) in [5.74, 6) is 0.785. The first-order chi connectivity index (χ1) is 11.4. The summed E-state index contributed by atoms with van der Waals surface area (Å²) < 4.78 is 2.16. The van der Waals surface area contributed by atoms with Crippen LogP contribution in [0, 0.1) is 0 Å². The Hall–Kier alpha value is -2.89. The molecule has 1 fully saturated rings. The Kier molecular flexibility index (Phi) is 2.64. The Balaban J connectivity index is 1.44. The summed E-state index contributed by atoms with van der Waals surface area (Å²) in [4.78, 5) is 16.7. The number of para-hydroxylation sites is 1. The molecule has 1 aliphatic carbocycles. The second kappa shape index (κ2) is 4.81. The molecule has 4 aromatic rings. The Bertz CT molecular complexity index is 962. The zero-order chi connectivity index (χ0) is 15.2. The summed E-state index contributed by atoms with van der Waals surface area (Å²) in [6, 6.07) is 11.0. The molecule has 2 N–H and O–H groups in total. The molecule has 0 radical (unpaired) electrons. The van der Waals surface area contributed by atoms with Crippen molar-refractivity contribution in [2.45, 2.75) is 25.4 Å². The van der Waals surface area contributed by atoms with Crippen molar-refractivity contribution in [3.05, 3.63) is 48.7 Å². The first-order valence-electron chi connectivity index (χ1n) is 7.86. The summed E-state index contributed by atoms with van der Waals surface area (Å²) in [6.07, 6.45) is 5.92. The van der Waals surface area contributed by atoms with E-state index in [1.165, 1.54) is 18.2 Å². The van der Waals surface area contributed by atoms with Gasteiger partial charge in [0.1, 0.15) is 11.8 Å². The normalized spacial score (nSPS) is 14.6. The standard InChI is InChI=1S/C17H16N6/c1-2-4-14-11(3-1)7-12(22-14)8-18-16-15-17(20-9-19-16)23(10-21-15)13-5-6-13/h1-4,7,9-10,13,22H,5-6,8H2,(H,18,19,20). The van der Waals surface area contributed by atoms with Crippen molar-refractivity contribution in [3.8, 4) is 0 Å². The maximum absolute atomic E-state index is 4.50. The second-order valence-corrected chi connectivity index (χ2v) is 6.01. The van der Waals surface area contributed by atoms with Crippen molar-refractivity contribution in [2.75, 3.05) is 5.32 Å². The lowest BCUT2D eigenvalue weighted by Crippen LogP contribution is -2.03. The first-order valence-corrected chi connectivity index (χ1v) is 7.86. The molecule has 114 valence electrons. The van der Waals surface area contributed by atoms with Crippen LogP contribution in [0.3, 0.4) is 0 Å². The number of fused-ring (bicyclic) bond motifs is 2. The smallest absolute Gasteiger partial charge is 0.165 e. The minimum atomic E-state index is 0.566. The molecule has 0 unspecified atom stereocenters. The molecule has 3 heterocycles. The minimum Gasteiger partial charge on any atom is -0.363 e. The van der Waals surface area contributed by atoms with Crippen LogP contribution < -0.4 is 5.32 Å². The van der Waals surface area contributed by atoms with Gasteiger partial charge in [-0.25, -0.2) is 15.0 Å². The molecule has 0 aliphatic heterocycles. The molecule has 1 saturated carbocycles. The van der Waals surface area contributed by atoms with Crippen LogP contribution in [0.25, 0.3) is 22.1 Å². The fraction of sp³-hybridized carbons (Fsp3) is 0.235. The number of nitrogens with zero attached hydrogens (tertiary/aromatic N) is 4. The van der Waals surface area contributed by atoms with Crippen LogP contribution in [-0.2, 0) is 6.54 Å². The maximum atomic E-state index is 4.50. The average molecular weight is 304 g/mol. The highest BCUT2D eigenvalue weighted by Crippen LogP contribution is 2.37. The van der Waals surface area contributed by atoms with E-state index in [1.807, 2.05) is 18.5 Å². The summed E-state index contributed by atoms with van der Waals surface area (Å²) >= 11 is 0. The molecule has 0 atom stereocenters. The predicted molar refractivity (Wildman–Crippen MR) is 89.2 cm³/mol. The lowest BCUT2D eigenvalue weighted by molar-refractivity contribution is 0.756. The highest BCUT2D eigenvalue weighted by atomic mass is 15.2. The van der Waals surface area contributed by atoms with Crippen molar-refractivity contribution in [3.63, 3.8) is 0 Å². The summed E-state index contributed by atoms with van der Waals surface area (Å²) in [6.45, 7) is 0.678. The third kappa shape index (κ3) is 2.14. The lowest BCUT2D eigenvalue weighted by atomic mass is 10.2. The number of anilines is 1. The fourth-order valence-corrected chi connectivity index (χ4v) is 3.01. The third-order valence-electron chi connectivity index (χ3n) is 4.33. The molecule has 1 aliphatic rings. The first kappa shape index (κ1) is 12.6. The molecular weight excluding hydrogens is 288 g/mol. The van der Waals surface area contributed by atoms with Crippen molar-refractivity contribution >= 4 is 27.9 Å². The van der Waals surface area contributed by atoms with Crippen LogP contribution in [0.1, 0.15) is 24.6 Å². The predicted octanol–water partition coefficient (Wildman–Crippen LogP) is 3.25. The third-order valence-corrected chi connectivity index (χ3v) is 4.33. The molecule has 3 aromatic heterocycles. The van der Waals surface area contributed by atoms with Crippen LogP contribution in [0.5, 0.6) is 0 Å². The van der Waals surface area contributed by atoms with Gasteiger partial charge in [0.15, 0.2) is 11.5 Å². The van der Waals surface area contributed by atoms with Gasteiger partial charge in [-0.05, 0) is 30.4 Å². The van der Waals surface area contributed by atoms with Gasteiger partial charge in [0.2, 0.25) is 0 Å². The van der Waals surface area contributed by atoms with Crippen molar-refractivity contribution in [1.29, 1.82) is 0 Å². The highest BCUT2D eigenvalue weighted by Gasteiger charge is 2.26. The molecule has 6 heteroatoms. The SMILES string of the molecule is c1ccc2[nH]c(CNc3ncnc4c3ncn4C3CC3)cc2c1. The van der Waals surface area contributed by atoms with E-state index >= 15 is 0 Å². The quantitative estimate of drug-likeness (QED) is 0.607. The van der Waals surface area contributed by atoms with Gasteiger partial charge >= 0.3 is 0 Å². The van der Waals surface area contributed by atoms with E-state index < -0.39 is 0 Å². The maximum Gasteiger partial charge on any atom is 0.165 e. The number of H-pyrrole nitrogens is 1. The van der Waals surface area contributed by atoms with Crippen LogP contribution in [0.2, 0.25) is 0 Å². The van der Waals surface area contributed by atoms with E-state index in [0.29, 0.717) is 12.6 Å². The van der Waals surface area contributed by atoms with Gasteiger partial charge in [-0.3, -0.25) is 0 Å². The molecule has 0 amide bonds. The van der Waals surface area contributed by atoms with Gasteiger partial charge in [-0.15, -0.1) is 0 Å². The Morgan fingerprint density at radius 1 is 1.17 bits per heavy atom. The number of aromatic amines is 1. The molecule has 0 spiro atoms. The zero-order valence-corrected chi connectivity index (χ0v) is 12.5. The van der Waals surface area contributed by atoms with Gasteiger partial charge < -0.3 is 14.9 Å². The van der Waals surface area contributed by atoms with E-state index in [0.717, 1.165) is 28.2 Å². The molecule has 5 rings (SSSR count). The van der Waals surface area contributed by atoms with Gasteiger partial charge in [0, 0.05) is 17.3 Å². The fourth-order valence-electron chi connectivity index (χ4n) is 3.01. The van der Waals surface area contributed by atoms with Gasteiger partial charge in [0.05, 0.1) is 12.9 Å². The molecule has 6 nitrogen and oxygen atoms in total. The monoisotopic (exact) mass is 304 g/mol. The van der Waals surface area contributed by atoms with Crippen LogP contribution in [0.4, 0.5) is 5.82 Å². The average Bonchev–Trinajstić information content (AvgIpc) is 3.19. The molecule has 1 aromatic carbocycles. The summed E-state index contributed by atoms with van der Waals surface area (Å²) in [7, 11) is 0. The number of nitrogens with one attached hydrogen (secondary N) is 2. The van der Waals surface area contributed by atoms with Crippen LogP contribution in [-0.4, -0.2) is 24.5 Å². The Morgan fingerprint density at radius 3 is 2.96 bits per heavy atom. The van der Waals surface area contributed by atoms with E-state index in [1.54, 1.807) is 6.33 Å². The molecule has 23 heavy (non-hydrogen) atoms. The van der Waals surface area contributed by atoms with E-state index in [2.05, 4.69) is 48.0 Å². The van der Waals surface area contributed by atoms with Crippen molar-refractivity contribution in [2.24, 2.45) is 0 Å². The van der Waals surface area contributed by atoms with Gasteiger partial charge in [-0.2, -0.15) is 0 Å². The lowest BCUT2D eigenvalue weighted by Gasteiger charge is -2.05. The number of hydrogen-bond acceptors (Lipinski definition) is 4. The van der Waals surface area contributed by atoms with E-state index in [9.17, 15) is 0 Å². The topological polar surface area (TPSA) is 71.4 Å². The summed E-state index contributed by atoms with van der Waals surface area (Å²) in [5.41, 5.74) is 4.03. The van der Waals surface area contributed by atoms with Gasteiger partial charge in [-0.1, -0.05) is 18.2 Å². The number of rotatable bonds is 4. The van der Waals surface area contributed by atoms with E-state index in [4.69, 9.17) is 0 Å². The minimum absolute atomic E-state index is 0.566. The summed E-state index contributed by atoms with van der Waals surface area (Å²) in [5, 5.41) is 4.60. The number of imidazole rings is 1. The van der Waals surface area contributed by atoms with Crippen LogP contribution >= 0.6 is 0 Å². The Labute approximate surface area is 132 Å².